The molecule has 0 aromatic rings. The molecule has 4 nitrogen and oxygen atoms in total. The molecule has 0 bridgehead atoms. The molecule has 10 heavy (non-hydrogen) atoms. The van der Waals surface area contributed by atoms with Crippen LogP contribution in [-0.4, -0.2) is 45.4 Å². The van der Waals surface area contributed by atoms with E-state index in [9.17, 15) is 8.42 Å². The van der Waals surface area contributed by atoms with Crippen LogP contribution in [0.2, 0.25) is 0 Å². The summed E-state index contributed by atoms with van der Waals surface area (Å²) < 4.78 is 22.3. The van der Waals surface area contributed by atoms with Crippen LogP contribution < -0.4 is 5.32 Å². The predicted octanol–water partition coefficient (Wildman–Crippen LogP) is -1.05. The molecule has 1 aliphatic heterocycles. The molecule has 1 unspecified atom stereocenters. The summed E-state index contributed by atoms with van der Waals surface area (Å²) in [6.45, 7) is 2.02. The zero-order chi connectivity index (χ0) is 7.83. The van der Waals surface area contributed by atoms with Gasteiger partial charge in [0.1, 0.15) is 13.2 Å². The van der Waals surface area contributed by atoms with Crippen LogP contribution in [0.15, 0.2) is 0 Å². The van der Waals surface area contributed by atoms with Crippen molar-refractivity contribution in [2.45, 2.75) is 0 Å². The second-order valence-electron chi connectivity index (χ2n) is 2.91. The lowest BCUT2D eigenvalue weighted by molar-refractivity contribution is -0.770. The van der Waals surface area contributed by atoms with Gasteiger partial charge >= 0.3 is 0 Å². The molecule has 0 saturated carbocycles. The van der Waals surface area contributed by atoms with Gasteiger partial charge in [-0.3, -0.25) is 5.32 Å². The molecular formula is C5H13N2O2S+. The summed E-state index contributed by atoms with van der Waals surface area (Å²) in [7, 11) is -1.20. The smallest absolute Gasteiger partial charge is 0.264 e. The number of likely N-dealkylation sites (N-methyl/N-ethyl adjacent to an activating group) is 1. The van der Waals surface area contributed by atoms with Gasteiger partial charge in [0.2, 0.25) is 0 Å². The molecule has 0 radical (unpaired) electrons. The number of sulfonamides is 1. The standard InChI is InChI=1S/C5H13N2O2S/c1-7(10(2,8)9)4-3-6-5-7/h6H,3-5H2,1-2H3/q+1. The van der Waals surface area contributed by atoms with Crippen LogP contribution in [0.4, 0.5) is 0 Å². The van der Waals surface area contributed by atoms with Gasteiger partial charge < -0.3 is 0 Å². The molecular weight excluding hydrogens is 152 g/mol. The highest BCUT2D eigenvalue weighted by Crippen LogP contribution is 2.10. The average Bonchev–Trinajstić information content (AvgIpc) is 2.13. The molecule has 60 valence electrons. The molecule has 1 fully saturated rings. The lowest BCUT2D eigenvalue weighted by Crippen LogP contribution is -2.47. The summed E-state index contributed by atoms with van der Waals surface area (Å²) in [5.41, 5.74) is 0. The fourth-order valence-corrected chi connectivity index (χ4v) is 1.74. The maximum absolute atomic E-state index is 11.1. The van der Waals surface area contributed by atoms with Crippen LogP contribution in [-0.2, 0) is 10.0 Å². The number of rotatable bonds is 1. The molecule has 1 N–H and O–H groups in total. The van der Waals surface area contributed by atoms with Gasteiger partial charge in [-0.2, -0.15) is 8.42 Å². The highest BCUT2D eigenvalue weighted by atomic mass is 32.2. The topological polar surface area (TPSA) is 46.2 Å². The van der Waals surface area contributed by atoms with Crippen molar-refractivity contribution in [3.05, 3.63) is 0 Å². The van der Waals surface area contributed by atoms with Gasteiger partial charge in [0, 0.05) is 0 Å². The van der Waals surface area contributed by atoms with Crippen LogP contribution in [0.1, 0.15) is 0 Å². The first-order valence-electron chi connectivity index (χ1n) is 3.21. The van der Waals surface area contributed by atoms with Crippen molar-refractivity contribution < 1.29 is 12.3 Å². The van der Waals surface area contributed by atoms with Gasteiger partial charge in [-0.1, -0.05) is 0 Å². The molecule has 1 aliphatic rings. The normalized spacial score (nSPS) is 34.6. The minimum atomic E-state index is -2.93. The van der Waals surface area contributed by atoms with Crippen molar-refractivity contribution in [1.29, 1.82) is 0 Å². The van der Waals surface area contributed by atoms with E-state index < -0.39 is 10.0 Å². The molecule has 0 aromatic carbocycles. The fraction of sp³-hybridized carbons (Fsp3) is 1.00. The van der Waals surface area contributed by atoms with Crippen molar-refractivity contribution in [1.82, 2.24) is 5.32 Å². The molecule has 1 atom stereocenters. The Kier molecular flexibility index (Phi) is 1.74. The predicted molar refractivity (Wildman–Crippen MR) is 38.8 cm³/mol. The van der Waals surface area contributed by atoms with E-state index in [0.29, 0.717) is 13.2 Å². The zero-order valence-electron chi connectivity index (χ0n) is 6.29. The first kappa shape index (κ1) is 7.97. The lowest BCUT2D eigenvalue weighted by atomic mass is 10.7. The van der Waals surface area contributed by atoms with Crippen LogP contribution >= 0.6 is 0 Å². The van der Waals surface area contributed by atoms with Crippen molar-refractivity contribution in [3.8, 4) is 0 Å². The van der Waals surface area contributed by atoms with Crippen LogP contribution in [0.5, 0.6) is 0 Å². The molecule has 1 heterocycles. The molecule has 0 aliphatic carbocycles. The minimum Gasteiger partial charge on any atom is -0.264 e. The van der Waals surface area contributed by atoms with E-state index in [1.165, 1.54) is 6.26 Å². The first-order chi connectivity index (χ1) is 4.46. The Balaban J connectivity index is 2.88. The third-order valence-corrected chi connectivity index (χ3v) is 3.92. The second-order valence-corrected chi connectivity index (χ2v) is 5.26. The number of hydrogen-bond acceptors (Lipinski definition) is 3. The Morgan fingerprint density at radius 3 is 2.30 bits per heavy atom. The van der Waals surface area contributed by atoms with Gasteiger partial charge in [-0.05, 0) is 0 Å². The van der Waals surface area contributed by atoms with E-state index in [-0.39, 0.29) is 3.89 Å². The molecule has 0 amide bonds. The van der Waals surface area contributed by atoms with E-state index in [4.69, 9.17) is 0 Å². The van der Waals surface area contributed by atoms with Gasteiger partial charge in [0.05, 0.1) is 19.8 Å². The Labute approximate surface area is 61.5 Å². The quantitative estimate of drug-likeness (QED) is 0.504. The highest BCUT2D eigenvalue weighted by molar-refractivity contribution is 7.85. The Bertz CT molecular complexity index is 216. The van der Waals surface area contributed by atoms with Crippen molar-refractivity contribution in [2.24, 2.45) is 0 Å². The Morgan fingerprint density at radius 1 is 1.50 bits per heavy atom. The summed E-state index contributed by atoms with van der Waals surface area (Å²) in [6.07, 6.45) is 1.28. The number of hydrogen-bond donors (Lipinski definition) is 1. The summed E-state index contributed by atoms with van der Waals surface area (Å²) >= 11 is 0. The Morgan fingerprint density at radius 2 is 2.10 bits per heavy atom. The molecule has 1 rings (SSSR count). The van der Waals surface area contributed by atoms with Crippen molar-refractivity contribution in [3.63, 3.8) is 0 Å². The number of nitrogens with one attached hydrogen (secondary N) is 1. The van der Waals surface area contributed by atoms with Crippen molar-refractivity contribution in [2.75, 3.05) is 33.1 Å². The third-order valence-electron chi connectivity index (χ3n) is 2.01. The Hall–Kier alpha value is -0.130. The maximum atomic E-state index is 11.1. The monoisotopic (exact) mass is 165 g/mol. The highest BCUT2D eigenvalue weighted by Gasteiger charge is 2.36. The van der Waals surface area contributed by atoms with Crippen LogP contribution in [0.3, 0.4) is 0 Å². The molecule has 0 spiro atoms. The summed E-state index contributed by atoms with van der Waals surface area (Å²) in [5.74, 6) is 0. The van der Waals surface area contributed by atoms with Crippen molar-refractivity contribution >= 4 is 10.0 Å². The van der Waals surface area contributed by atoms with Crippen LogP contribution in [0.25, 0.3) is 0 Å². The molecule has 0 aromatic heterocycles. The number of quaternary nitrogens is 1. The number of nitrogens with zero attached hydrogens (tertiary/aromatic N) is 1. The fourth-order valence-electron chi connectivity index (χ4n) is 0.993. The summed E-state index contributed by atoms with van der Waals surface area (Å²) in [4.78, 5) is 0. The third kappa shape index (κ3) is 1.16. The van der Waals surface area contributed by atoms with E-state index in [2.05, 4.69) is 5.32 Å². The molecule has 1 saturated heterocycles. The van der Waals surface area contributed by atoms with Crippen LogP contribution in [0, 0.1) is 0 Å². The average molecular weight is 165 g/mol. The first-order valence-corrected chi connectivity index (χ1v) is 5.06. The SMILES string of the molecule is C[N+]1(S(C)(=O)=O)CCNC1. The summed E-state index contributed by atoms with van der Waals surface area (Å²) in [6, 6.07) is 0. The van der Waals surface area contributed by atoms with E-state index >= 15 is 0 Å². The van der Waals surface area contributed by atoms with E-state index in [0.717, 1.165) is 6.54 Å². The largest absolute Gasteiger partial charge is 0.295 e. The van der Waals surface area contributed by atoms with E-state index in [1.807, 2.05) is 0 Å². The van der Waals surface area contributed by atoms with Gasteiger partial charge in [-0.15, -0.1) is 0 Å². The van der Waals surface area contributed by atoms with Gasteiger partial charge in [0.15, 0.2) is 0 Å². The molecule has 5 heteroatoms. The second kappa shape index (κ2) is 2.18. The maximum Gasteiger partial charge on any atom is 0.295 e. The lowest BCUT2D eigenvalue weighted by Gasteiger charge is -2.24. The summed E-state index contributed by atoms with van der Waals surface area (Å²) in [5, 5.41) is 3.01. The minimum absolute atomic E-state index is 0.132. The zero-order valence-corrected chi connectivity index (χ0v) is 7.11. The van der Waals surface area contributed by atoms with Gasteiger partial charge in [-0.25, -0.2) is 3.89 Å². The van der Waals surface area contributed by atoms with Gasteiger partial charge in [0.25, 0.3) is 10.0 Å². The van der Waals surface area contributed by atoms with E-state index in [1.54, 1.807) is 7.05 Å².